The van der Waals surface area contributed by atoms with E-state index in [9.17, 15) is 22.7 Å². The monoisotopic (exact) mass is 474 g/mol. The van der Waals surface area contributed by atoms with Gasteiger partial charge in [-0.1, -0.05) is 12.1 Å². The van der Waals surface area contributed by atoms with Gasteiger partial charge in [0, 0.05) is 42.8 Å². The minimum absolute atomic E-state index is 0.101. The van der Waals surface area contributed by atoms with Gasteiger partial charge in [-0.25, -0.2) is 19.3 Å². The van der Waals surface area contributed by atoms with Crippen LogP contribution in [0.4, 0.5) is 17.6 Å². The molecule has 3 aromatic rings. The lowest BCUT2D eigenvalue weighted by Crippen LogP contribution is -2.58. The van der Waals surface area contributed by atoms with Crippen molar-refractivity contribution in [2.45, 2.75) is 43.8 Å². The van der Waals surface area contributed by atoms with E-state index in [0.717, 1.165) is 25.1 Å². The van der Waals surface area contributed by atoms with Gasteiger partial charge in [-0.3, -0.25) is 4.90 Å². The molecule has 34 heavy (non-hydrogen) atoms. The number of piperidine rings is 2. The molecule has 3 aliphatic rings. The molecule has 2 saturated heterocycles. The fraction of sp³-hybridized carbons (Fsp3) is 0.375. The number of nitrogens with zero attached hydrogens (tertiary/aromatic N) is 4. The van der Waals surface area contributed by atoms with Crippen LogP contribution in [0.1, 0.15) is 36.6 Å². The van der Waals surface area contributed by atoms with Gasteiger partial charge in [-0.05, 0) is 43.4 Å². The number of rotatable bonds is 5. The van der Waals surface area contributed by atoms with Gasteiger partial charge >= 0.3 is 6.18 Å². The zero-order chi connectivity index (χ0) is 23.9. The smallest absolute Gasteiger partial charge is 0.417 e. The summed E-state index contributed by atoms with van der Waals surface area (Å²) in [7, 11) is 0. The number of halogens is 4. The van der Waals surface area contributed by atoms with Crippen LogP contribution >= 0.6 is 0 Å². The summed E-state index contributed by atoms with van der Waals surface area (Å²) < 4.78 is 59.3. The second kappa shape index (κ2) is 8.92. The summed E-state index contributed by atoms with van der Waals surface area (Å²) >= 11 is 0. The maximum absolute atomic E-state index is 14.8. The largest absolute Gasteiger partial charge is 0.473 e. The third-order valence-electron chi connectivity index (χ3n) is 6.52. The van der Waals surface area contributed by atoms with E-state index in [1.807, 2.05) is 4.90 Å². The van der Waals surface area contributed by atoms with Crippen LogP contribution in [0, 0.1) is 11.7 Å². The van der Waals surface area contributed by atoms with Crippen LogP contribution in [0.3, 0.4) is 0 Å². The highest BCUT2D eigenvalue weighted by molar-refractivity contribution is 5.61. The van der Waals surface area contributed by atoms with Crippen molar-refractivity contribution in [1.82, 2.24) is 19.9 Å². The van der Waals surface area contributed by atoms with E-state index in [4.69, 9.17) is 4.74 Å². The number of ether oxygens (including phenoxy) is 1. The summed E-state index contributed by atoms with van der Waals surface area (Å²) in [5, 5.41) is 11.4. The minimum Gasteiger partial charge on any atom is -0.473 e. The number of aliphatic hydroxyl groups excluding tert-OH is 1. The van der Waals surface area contributed by atoms with Gasteiger partial charge in [0.05, 0.1) is 11.1 Å². The molecule has 0 radical (unpaired) electrons. The first kappa shape index (κ1) is 22.7. The fourth-order valence-electron chi connectivity index (χ4n) is 4.95. The molecule has 1 aliphatic carbocycles. The zero-order valence-corrected chi connectivity index (χ0v) is 18.0. The van der Waals surface area contributed by atoms with Crippen LogP contribution < -0.4 is 4.74 Å². The maximum Gasteiger partial charge on any atom is 0.417 e. The number of pyridine rings is 1. The summed E-state index contributed by atoms with van der Waals surface area (Å²) in [6.45, 7) is 0.595. The molecule has 1 aromatic carbocycles. The van der Waals surface area contributed by atoms with Crippen LogP contribution in [-0.2, 0) is 6.18 Å². The molecule has 2 bridgehead atoms. The molecule has 1 saturated carbocycles. The molecule has 2 aliphatic heterocycles. The summed E-state index contributed by atoms with van der Waals surface area (Å²) in [6, 6.07) is 8.04. The van der Waals surface area contributed by atoms with Gasteiger partial charge in [0.1, 0.15) is 18.1 Å². The van der Waals surface area contributed by atoms with Gasteiger partial charge in [-0.15, -0.1) is 0 Å². The van der Waals surface area contributed by atoms with E-state index in [-0.39, 0.29) is 35.3 Å². The molecule has 3 fully saturated rings. The second-order valence-corrected chi connectivity index (χ2v) is 8.63. The number of benzene rings is 1. The van der Waals surface area contributed by atoms with Crippen molar-refractivity contribution in [3.63, 3.8) is 0 Å². The van der Waals surface area contributed by atoms with Gasteiger partial charge in [0.15, 0.2) is 5.82 Å². The molecule has 4 atom stereocenters. The predicted molar refractivity (Wildman–Crippen MR) is 114 cm³/mol. The van der Waals surface area contributed by atoms with Crippen molar-refractivity contribution in [3.8, 4) is 17.3 Å². The Hall–Kier alpha value is -3.11. The normalized spacial score (nSPS) is 23.6. The Morgan fingerprint density at radius 2 is 1.82 bits per heavy atom. The van der Waals surface area contributed by atoms with E-state index >= 15 is 0 Å². The SMILES string of the molecule is OC(c1cccc(F)c1-c1ncccn1)N1CC2CCC1C(Oc1ccc(C(F)(F)F)cn1)C2. The second-order valence-electron chi connectivity index (χ2n) is 8.63. The first-order chi connectivity index (χ1) is 16.3. The fourth-order valence-corrected chi connectivity index (χ4v) is 4.95. The molecule has 4 unspecified atom stereocenters. The molecular weight excluding hydrogens is 452 g/mol. The molecule has 178 valence electrons. The van der Waals surface area contributed by atoms with Gasteiger partial charge in [-0.2, -0.15) is 13.2 Å². The summed E-state index contributed by atoms with van der Waals surface area (Å²) in [5.41, 5.74) is -0.354. The van der Waals surface area contributed by atoms with Crippen molar-refractivity contribution < 1.29 is 27.4 Å². The molecular formula is C24H22F4N4O2. The van der Waals surface area contributed by atoms with Gasteiger partial charge < -0.3 is 9.84 Å². The van der Waals surface area contributed by atoms with Crippen LogP contribution in [-0.4, -0.2) is 43.6 Å². The molecule has 10 heteroatoms. The van der Waals surface area contributed by atoms with Crippen molar-refractivity contribution in [3.05, 3.63) is 71.9 Å². The molecule has 0 spiro atoms. The third kappa shape index (κ3) is 4.35. The molecule has 0 amide bonds. The number of hydrogen-bond donors (Lipinski definition) is 1. The Kier molecular flexibility index (Phi) is 5.95. The Bertz CT molecular complexity index is 1140. The number of hydrogen-bond acceptors (Lipinski definition) is 6. The molecule has 2 aromatic heterocycles. The number of fused-ring (bicyclic) bond motifs is 3. The van der Waals surface area contributed by atoms with Crippen molar-refractivity contribution in [2.75, 3.05) is 6.54 Å². The Morgan fingerprint density at radius 3 is 2.50 bits per heavy atom. The topological polar surface area (TPSA) is 71.4 Å². The lowest BCUT2D eigenvalue weighted by atomic mass is 9.77. The number of aliphatic hydroxyl groups is 1. The predicted octanol–water partition coefficient (Wildman–Crippen LogP) is 4.62. The molecule has 4 heterocycles. The van der Waals surface area contributed by atoms with Gasteiger partial charge in [0.25, 0.3) is 0 Å². The van der Waals surface area contributed by atoms with E-state index in [2.05, 4.69) is 15.0 Å². The van der Waals surface area contributed by atoms with Crippen LogP contribution in [0.5, 0.6) is 5.88 Å². The lowest BCUT2D eigenvalue weighted by molar-refractivity contribution is -0.138. The first-order valence-electron chi connectivity index (χ1n) is 11.0. The van der Waals surface area contributed by atoms with Crippen molar-refractivity contribution in [2.24, 2.45) is 5.92 Å². The zero-order valence-electron chi connectivity index (χ0n) is 18.0. The van der Waals surface area contributed by atoms with Crippen LogP contribution in [0.2, 0.25) is 0 Å². The Balaban J connectivity index is 1.40. The quantitative estimate of drug-likeness (QED) is 0.545. The average Bonchev–Trinajstić information content (AvgIpc) is 2.84. The highest BCUT2D eigenvalue weighted by atomic mass is 19.4. The highest BCUT2D eigenvalue weighted by Gasteiger charge is 2.45. The van der Waals surface area contributed by atoms with E-state index < -0.39 is 23.8 Å². The Labute approximate surface area is 193 Å². The summed E-state index contributed by atoms with van der Waals surface area (Å²) in [5.74, 6) is -0.0292. The van der Waals surface area contributed by atoms with Crippen LogP contribution in [0.15, 0.2) is 55.0 Å². The summed E-state index contributed by atoms with van der Waals surface area (Å²) in [6.07, 6.45) is 0.192. The Morgan fingerprint density at radius 1 is 1.03 bits per heavy atom. The lowest BCUT2D eigenvalue weighted by Gasteiger charge is -2.51. The number of alkyl halides is 3. The maximum atomic E-state index is 14.8. The van der Waals surface area contributed by atoms with Crippen molar-refractivity contribution >= 4 is 0 Å². The van der Waals surface area contributed by atoms with Crippen LogP contribution in [0.25, 0.3) is 11.4 Å². The third-order valence-corrected chi connectivity index (χ3v) is 6.52. The highest BCUT2D eigenvalue weighted by Crippen LogP contribution is 2.42. The number of aromatic nitrogens is 3. The van der Waals surface area contributed by atoms with E-state index in [0.29, 0.717) is 18.5 Å². The van der Waals surface area contributed by atoms with E-state index in [1.54, 1.807) is 12.1 Å². The average molecular weight is 474 g/mol. The molecule has 6 nitrogen and oxygen atoms in total. The summed E-state index contributed by atoms with van der Waals surface area (Å²) in [4.78, 5) is 14.0. The standard InChI is InChI=1S/C24H22F4N4O2/c25-17-4-1-3-16(21(17)22-29-9-2-10-30-22)23(33)32-13-14-5-7-18(32)19(11-14)34-20-8-6-15(12-31-20)24(26,27)28/h1-4,6,8-10,12,14,18-19,23,33H,5,7,11,13H2. The molecule has 6 rings (SSSR count). The first-order valence-corrected chi connectivity index (χ1v) is 11.0. The van der Waals surface area contributed by atoms with Gasteiger partial charge in [0.2, 0.25) is 5.88 Å². The minimum atomic E-state index is -4.47. The van der Waals surface area contributed by atoms with E-state index in [1.165, 1.54) is 30.6 Å². The van der Waals surface area contributed by atoms with Crippen molar-refractivity contribution in [1.29, 1.82) is 0 Å². The molecule has 1 N–H and O–H groups in total.